The Morgan fingerprint density at radius 1 is 0.886 bits per heavy atom. The normalized spacial score (nSPS) is 11.9. The lowest BCUT2D eigenvalue weighted by Crippen LogP contribution is -2.34. The van der Waals surface area contributed by atoms with Gasteiger partial charge in [-0.05, 0) is 53.6 Å². The Hall–Kier alpha value is -3.59. The number of hydrogen-bond donors (Lipinski definition) is 3. The van der Waals surface area contributed by atoms with Crippen LogP contribution in [0.5, 0.6) is 0 Å². The number of guanidine groups is 1. The van der Waals surface area contributed by atoms with Gasteiger partial charge in [0, 0.05) is 27.7 Å². The summed E-state index contributed by atoms with van der Waals surface area (Å²) in [6.07, 6.45) is 0. The fourth-order valence-electron chi connectivity index (χ4n) is 3.40. The summed E-state index contributed by atoms with van der Waals surface area (Å²) in [5.41, 5.74) is 8.73. The number of nitrogens with zero attached hydrogens (tertiary/aromatic N) is 1. The number of nitrogens with two attached hydrogens (primary N) is 1. The van der Waals surface area contributed by atoms with E-state index in [4.69, 9.17) is 28.9 Å². The molecule has 0 aliphatic carbocycles. The monoisotopic (exact) mass is 526 g/mol. The molecule has 0 unspecified atom stereocenters. The molecule has 35 heavy (non-hydrogen) atoms. The Labute approximate surface area is 212 Å². The molecule has 0 radical (unpaired) electrons. The maximum absolute atomic E-state index is 12.9. The first-order valence-corrected chi connectivity index (χ1v) is 12.6. The number of H-pyrrole nitrogens is 1. The first-order chi connectivity index (χ1) is 16.7. The van der Waals surface area contributed by atoms with Gasteiger partial charge in [-0.25, -0.2) is 0 Å². The molecule has 0 aliphatic rings. The van der Waals surface area contributed by atoms with E-state index < -0.39 is 10.0 Å². The van der Waals surface area contributed by atoms with E-state index in [2.05, 4.69) is 14.7 Å². The number of sulfonamides is 1. The zero-order chi connectivity index (χ0) is 25.0. The van der Waals surface area contributed by atoms with Gasteiger partial charge in [-0.2, -0.15) is 8.42 Å². The number of aromatic amines is 1. The predicted molar refractivity (Wildman–Crippen MR) is 140 cm³/mol. The van der Waals surface area contributed by atoms with E-state index in [-0.39, 0.29) is 23.0 Å². The van der Waals surface area contributed by atoms with Crippen molar-refractivity contribution >= 4 is 39.2 Å². The van der Waals surface area contributed by atoms with Crippen molar-refractivity contribution in [1.82, 2.24) is 10.3 Å². The fraction of sp³-hybridized carbons (Fsp3) is 0.0400. The Bertz CT molecular complexity index is 1530. The number of hydrogen-bond acceptors (Lipinski definition) is 3. The molecule has 10 heteroatoms. The molecule has 0 amide bonds. The molecule has 0 saturated carbocycles. The second kappa shape index (κ2) is 10.4. The molecule has 3 aromatic carbocycles. The van der Waals surface area contributed by atoms with Crippen molar-refractivity contribution in [2.45, 2.75) is 11.4 Å². The van der Waals surface area contributed by atoms with Crippen molar-refractivity contribution in [3.8, 4) is 22.4 Å². The topological polar surface area (TPSA) is 117 Å². The predicted octanol–water partition coefficient (Wildman–Crippen LogP) is 4.81. The number of aromatic nitrogens is 1. The van der Waals surface area contributed by atoms with Crippen molar-refractivity contribution in [3.63, 3.8) is 0 Å². The number of benzene rings is 3. The average molecular weight is 527 g/mol. The molecule has 1 heterocycles. The summed E-state index contributed by atoms with van der Waals surface area (Å²) in [6, 6.07) is 23.7. The SMILES string of the molecule is N/C(=N\S(=O)(=O)c1ccccc1)NCc1cc(-c2ccc(Cl)cc2)c(-c2ccc(Cl)cc2)[nH]c1=O. The Balaban J connectivity index is 1.68. The second-order valence-electron chi connectivity index (χ2n) is 7.54. The van der Waals surface area contributed by atoms with E-state index in [1.165, 1.54) is 12.1 Å². The molecule has 4 rings (SSSR count). The molecule has 0 bridgehead atoms. The lowest BCUT2D eigenvalue weighted by Gasteiger charge is -2.13. The summed E-state index contributed by atoms with van der Waals surface area (Å²) in [5, 5.41) is 3.86. The van der Waals surface area contributed by atoms with Crippen LogP contribution in [-0.4, -0.2) is 19.4 Å². The quantitative estimate of drug-likeness (QED) is 0.246. The summed E-state index contributed by atoms with van der Waals surface area (Å²) >= 11 is 12.1. The van der Waals surface area contributed by atoms with Crippen LogP contribution in [0, 0.1) is 0 Å². The number of pyridine rings is 1. The Kier molecular flexibility index (Phi) is 7.25. The van der Waals surface area contributed by atoms with Crippen molar-refractivity contribution in [2.24, 2.45) is 10.1 Å². The minimum absolute atomic E-state index is 0.0138. The number of rotatable bonds is 6. The summed E-state index contributed by atoms with van der Waals surface area (Å²) in [6.45, 7) is -0.0452. The molecule has 4 aromatic rings. The highest BCUT2D eigenvalue weighted by molar-refractivity contribution is 7.90. The maximum Gasteiger partial charge on any atom is 0.285 e. The third-order valence-electron chi connectivity index (χ3n) is 5.13. The molecular weight excluding hydrogens is 507 g/mol. The van der Waals surface area contributed by atoms with E-state index in [0.29, 0.717) is 21.3 Å². The smallest absolute Gasteiger partial charge is 0.285 e. The van der Waals surface area contributed by atoms with Crippen LogP contribution in [0.4, 0.5) is 0 Å². The van der Waals surface area contributed by atoms with E-state index in [1.54, 1.807) is 48.5 Å². The van der Waals surface area contributed by atoms with Gasteiger partial charge < -0.3 is 16.0 Å². The molecule has 0 saturated heterocycles. The van der Waals surface area contributed by atoms with Crippen LogP contribution in [0.2, 0.25) is 10.0 Å². The van der Waals surface area contributed by atoms with E-state index in [1.807, 2.05) is 24.3 Å². The minimum Gasteiger partial charge on any atom is -0.369 e. The highest BCUT2D eigenvalue weighted by Crippen LogP contribution is 2.31. The third kappa shape index (κ3) is 5.92. The molecule has 0 spiro atoms. The van der Waals surface area contributed by atoms with Crippen LogP contribution in [0.1, 0.15) is 5.56 Å². The summed E-state index contributed by atoms with van der Waals surface area (Å²) < 4.78 is 28.4. The molecule has 1 aromatic heterocycles. The van der Waals surface area contributed by atoms with Crippen LogP contribution < -0.4 is 16.6 Å². The minimum atomic E-state index is -3.98. The van der Waals surface area contributed by atoms with Gasteiger partial charge in [0.25, 0.3) is 15.6 Å². The van der Waals surface area contributed by atoms with Gasteiger partial charge in [-0.3, -0.25) is 4.79 Å². The van der Waals surface area contributed by atoms with Crippen LogP contribution in [-0.2, 0) is 16.6 Å². The van der Waals surface area contributed by atoms with Gasteiger partial charge in [0.2, 0.25) is 5.96 Å². The molecule has 7 nitrogen and oxygen atoms in total. The third-order valence-corrected chi connectivity index (χ3v) is 6.93. The fourth-order valence-corrected chi connectivity index (χ4v) is 4.58. The molecule has 0 aliphatic heterocycles. The lowest BCUT2D eigenvalue weighted by molar-refractivity contribution is 0.597. The van der Waals surface area contributed by atoms with Gasteiger partial charge in [-0.15, -0.1) is 4.40 Å². The van der Waals surface area contributed by atoms with Gasteiger partial charge in [-0.1, -0.05) is 65.7 Å². The molecular formula is C25H20Cl2N4O3S. The van der Waals surface area contributed by atoms with Crippen LogP contribution in [0.15, 0.2) is 99.0 Å². The lowest BCUT2D eigenvalue weighted by atomic mass is 9.98. The molecule has 0 atom stereocenters. The van der Waals surface area contributed by atoms with Crippen molar-refractivity contribution in [2.75, 3.05) is 0 Å². The van der Waals surface area contributed by atoms with Gasteiger partial charge in [0.05, 0.1) is 10.6 Å². The Morgan fingerprint density at radius 2 is 1.46 bits per heavy atom. The second-order valence-corrected chi connectivity index (χ2v) is 10.0. The van der Waals surface area contributed by atoms with E-state index >= 15 is 0 Å². The first kappa shape index (κ1) is 24.5. The zero-order valence-corrected chi connectivity index (χ0v) is 20.5. The molecule has 0 fully saturated rings. The zero-order valence-electron chi connectivity index (χ0n) is 18.2. The van der Waals surface area contributed by atoms with Gasteiger partial charge in [0.15, 0.2) is 0 Å². The van der Waals surface area contributed by atoms with Crippen LogP contribution in [0.25, 0.3) is 22.4 Å². The van der Waals surface area contributed by atoms with Crippen LogP contribution >= 0.6 is 23.2 Å². The largest absolute Gasteiger partial charge is 0.369 e. The highest BCUT2D eigenvalue weighted by Gasteiger charge is 2.15. The van der Waals surface area contributed by atoms with Crippen molar-refractivity contribution in [3.05, 3.63) is 111 Å². The standard InChI is InChI=1S/C25H20Cl2N4O3S/c26-19-10-6-16(7-11-19)22-14-18(24(32)30-23(22)17-8-12-20(27)13-9-17)15-29-25(28)31-35(33,34)21-4-2-1-3-5-21/h1-14H,15H2,(H,30,32)(H3,28,29,31). The first-order valence-electron chi connectivity index (χ1n) is 10.4. The Morgan fingerprint density at radius 3 is 2.06 bits per heavy atom. The highest BCUT2D eigenvalue weighted by atomic mass is 35.5. The van der Waals surface area contributed by atoms with E-state index in [0.717, 1.165) is 16.7 Å². The molecule has 4 N–H and O–H groups in total. The molecule has 178 valence electrons. The average Bonchev–Trinajstić information content (AvgIpc) is 2.84. The maximum atomic E-state index is 12.9. The number of nitrogens with one attached hydrogen (secondary N) is 2. The summed E-state index contributed by atoms with van der Waals surface area (Å²) in [7, 11) is -3.98. The number of halogens is 2. The summed E-state index contributed by atoms with van der Waals surface area (Å²) in [5.74, 6) is -0.330. The summed E-state index contributed by atoms with van der Waals surface area (Å²) in [4.78, 5) is 15.8. The van der Waals surface area contributed by atoms with Gasteiger partial charge >= 0.3 is 0 Å². The van der Waals surface area contributed by atoms with Crippen LogP contribution in [0.3, 0.4) is 0 Å². The van der Waals surface area contributed by atoms with Crippen molar-refractivity contribution in [1.29, 1.82) is 0 Å². The van der Waals surface area contributed by atoms with E-state index in [9.17, 15) is 13.2 Å². The van der Waals surface area contributed by atoms with Gasteiger partial charge in [0.1, 0.15) is 0 Å². The van der Waals surface area contributed by atoms with Crippen molar-refractivity contribution < 1.29 is 8.42 Å².